The predicted octanol–water partition coefficient (Wildman–Crippen LogP) is 2.95. The molecule has 23 heavy (non-hydrogen) atoms. The summed E-state index contributed by atoms with van der Waals surface area (Å²) in [6.45, 7) is 4.25. The summed E-state index contributed by atoms with van der Waals surface area (Å²) in [5.74, 6) is 0. The van der Waals surface area contributed by atoms with Crippen molar-refractivity contribution in [2.45, 2.75) is 0 Å². The summed E-state index contributed by atoms with van der Waals surface area (Å²) in [6.07, 6.45) is 2.16. The topological polar surface area (TPSA) is 23.4 Å². The molecule has 0 amide bonds. The highest BCUT2D eigenvalue weighted by Crippen LogP contribution is 2.29. The number of hydrogen-bond acceptors (Lipinski definition) is 3. The van der Waals surface area contributed by atoms with E-state index in [-0.39, 0.29) is 0 Å². The number of hydrogen-bond donors (Lipinski definition) is 1. The zero-order valence-electron chi connectivity index (χ0n) is 13.4. The molecule has 1 N–H and O–H groups in total. The van der Waals surface area contributed by atoms with Crippen LogP contribution in [0, 0.1) is 0 Å². The van der Waals surface area contributed by atoms with Gasteiger partial charge in [-0.15, -0.1) is 0 Å². The number of nitrogens with zero attached hydrogens (tertiary/aromatic N) is 3. The standard InChI is InChI=1S/C19H22N4/c1-21(16-6-3-2-4-7-16)23-13-10-17-18(8-5-9-19(17)23)22-14-11-20-12-15-22/h2-10,13,20H,11-12,14-15H2,1H3. The molecule has 0 aliphatic carbocycles. The van der Waals surface area contributed by atoms with Gasteiger partial charge in [0.15, 0.2) is 0 Å². The zero-order valence-corrected chi connectivity index (χ0v) is 13.4. The van der Waals surface area contributed by atoms with Crippen LogP contribution in [0.2, 0.25) is 0 Å². The van der Waals surface area contributed by atoms with Gasteiger partial charge in [0, 0.05) is 50.5 Å². The molecular weight excluding hydrogens is 284 g/mol. The number of nitrogens with one attached hydrogen (secondary N) is 1. The molecule has 1 aliphatic rings. The first-order chi connectivity index (χ1) is 11.3. The van der Waals surface area contributed by atoms with Gasteiger partial charge in [-0.2, -0.15) is 0 Å². The Morgan fingerprint density at radius 1 is 0.913 bits per heavy atom. The smallest absolute Gasteiger partial charge is 0.0719 e. The maximum atomic E-state index is 3.42. The van der Waals surface area contributed by atoms with Gasteiger partial charge in [-0.3, -0.25) is 9.69 Å². The van der Waals surface area contributed by atoms with Gasteiger partial charge in [-0.25, -0.2) is 0 Å². The van der Waals surface area contributed by atoms with Crippen molar-refractivity contribution in [1.29, 1.82) is 0 Å². The lowest BCUT2D eigenvalue weighted by Gasteiger charge is -2.30. The van der Waals surface area contributed by atoms with Crippen molar-refractivity contribution < 1.29 is 0 Å². The fourth-order valence-electron chi connectivity index (χ4n) is 3.35. The van der Waals surface area contributed by atoms with E-state index >= 15 is 0 Å². The van der Waals surface area contributed by atoms with Crippen molar-refractivity contribution in [2.24, 2.45) is 0 Å². The fraction of sp³-hybridized carbons (Fsp3) is 0.263. The number of aromatic nitrogens is 1. The summed E-state index contributed by atoms with van der Waals surface area (Å²) in [6, 6.07) is 19.3. The van der Waals surface area contributed by atoms with E-state index in [0.29, 0.717) is 0 Å². The molecule has 0 bridgehead atoms. The Morgan fingerprint density at radius 3 is 2.48 bits per heavy atom. The summed E-state index contributed by atoms with van der Waals surface area (Å²) >= 11 is 0. The van der Waals surface area contributed by atoms with Gasteiger partial charge in [-0.1, -0.05) is 24.3 Å². The summed E-state index contributed by atoms with van der Waals surface area (Å²) in [5, 5.41) is 6.92. The Morgan fingerprint density at radius 2 is 1.70 bits per heavy atom. The first-order valence-corrected chi connectivity index (χ1v) is 8.19. The number of benzene rings is 2. The SMILES string of the molecule is CN(c1ccccc1)n1ccc2c(N3CCNCC3)cccc21. The third kappa shape index (κ3) is 2.55. The van der Waals surface area contributed by atoms with Crippen LogP contribution in [0.4, 0.5) is 11.4 Å². The number of rotatable bonds is 3. The van der Waals surface area contributed by atoms with Crippen LogP contribution in [0.5, 0.6) is 0 Å². The van der Waals surface area contributed by atoms with E-state index in [1.165, 1.54) is 22.3 Å². The van der Waals surface area contributed by atoms with Gasteiger partial charge in [0.05, 0.1) is 11.2 Å². The highest BCUT2D eigenvalue weighted by molar-refractivity contribution is 5.93. The Balaban J connectivity index is 1.75. The molecule has 0 atom stereocenters. The minimum atomic E-state index is 1.06. The van der Waals surface area contributed by atoms with E-state index in [4.69, 9.17) is 0 Å². The first-order valence-electron chi connectivity index (χ1n) is 8.19. The Labute approximate surface area is 136 Å². The number of piperazine rings is 1. The zero-order chi connectivity index (χ0) is 15.6. The molecule has 1 aliphatic heterocycles. The third-order valence-electron chi connectivity index (χ3n) is 4.60. The lowest BCUT2D eigenvalue weighted by molar-refractivity contribution is 0.590. The second-order valence-electron chi connectivity index (χ2n) is 5.97. The number of anilines is 2. The molecule has 1 aromatic heterocycles. The Hall–Kier alpha value is -2.46. The van der Waals surface area contributed by atoms with E-state index in [0.717, 1.165) is 26.2 Å². The first kappa shape index (κ1) is 14.2. The van der Waals surface area contributed by atoms with Crippen molar-refractivity contribution in [3.05, 3.63) is 60.8 Å². The largest absolute Gasteiger partial charge is 0.368 e. The Bertz CT molecular complexity index is 787. The quantitative estimate of drug-likeness (QED) is 0.805. The van der Waals surface area contributed by atoms with E-state index in [9.17, 15) is 0 Å². The van der Waals surface area contributed by atoms with Crippen LogP contribution in [0.25, 0.3) is 10.9 Å². The van der Waals surface area contributed by atoms with E-state index in [1.54, 1.807) is 0 Å². The summed E-state index contributed by atoms with van der Waals surface area (Å²) < 4.78 is 2.22. The van der Waals surface area contributed by atoms with E-state index in [1.807, 2.05) is 6.07 Å². The van der Waals surface area contributed by atoms with Crippen LogP contribution >= 0.6 is 0 Å². The van der Waals surface area contributed by atoms with Gasteiger partial charge < -0.3 is 10.2 Å². The maximum absolute atomic E-state index is 3.42. The van der Waals surface area contributed by atoms with Crippen LogP contribution in [-0.4, -0.2) is 37.9 Å². The van der Waals surface area contributed by atoms with Gasteiger partial charge in [0.25, 0.3) is 0 Å². The highest BCUT2D eigenvalue weighted by Gasteiger charge is 2.15. The van der Waals surface area contributed by atoms with Crippen LogP contribution in [0.15, 0.2) is 60.8 Å². The molecule has 0 unspecified atom stereocenters. The molecular formula is C19H22N4. The number of fused-ring (bicyclic) bond motifs is 1. The van der Waals surface area contributed by atoms with E-state index in [2.05, 4.69) is 81.7 Å². The minimum absolute atomic E-state index is 1.06. The molecule has 2 heterocycles. The highest BCUT2D eigenvalue weighted by atomic mass is 15.5. The van der Waals surface area contributed by atoms with Gasteiger partial charge in [0.1, 0.15) is 0 Å². The molecule has 1 saturated heterocycles. The summed E-state index contributed by atoms with van der Waals surface area (Å²) in [4.78, 5) is 2.48. The van der Waals surface area contributed by atoms with Gasteiger partial charge in [0.2, 0.25) is 0 Å². The van der Waals surface area contributed by atoms with Crippen LogP contribution < -0.4 is 15.2 Å². The Kier molecular flexibility index (Phi) is 3.67. The van der Waals surface area contributed by atoms with Crippen LogP contribution in [0.1, 0.15) is 0 Å². The second-order valence-corrected chi connectivity index (χ2v) is 5.97. The maximum Gasteiger partial charge on any atom is 0.0719 e. The molecule has 3 aromatic rings. The number of para-hydroxylation sites is 1. The van der Waals surface area contributed by atoms with Gasteiger partial charge in [-0.05, 0) is 30.3 Å². The van der Waals surface area contributed by atoms with Crippen molar-refractivity contribution in [1.82, 2.24) is 9.99 Å². The lowest BCUT2D eigenvalue weighted by Crippen LogP contribution is -2.43. The van der Waals surface area contributed by atoms with Crippen LogP contribution in [-0.2, 0) is 0 Å². The lowest BCUT2D eigenvalue weighted by atomic mass is 10.2. The van der Waals surface area contributed by atoms with Crippen molar-refractivity contribution in [3.8, 4) is 0 Å². The summed E-state index contributed by atoms with van der Waals surface area (Å²) in [5.41, 5.74) is 3.76. The predicted molar refractivity (Wildman–Crippen MR) is 97.3 cm³/mol. The molecule has 0 radical (unpaired) electrons. The molecule has 1 fully saturated rings. The van der Waals surface area contributed by atoms with E-state index < -0.39 is 0 Å². The molecule has 4 rings (SSSR count). The molecule has 118 valence electrons. The monoisotopic (exact) mass is 306 g/mol. The second kappa shape index (κ2) is 5.97. The third-order valence-corrected chi connectivity index (χ3v) is 4.60. The molecule has 4 heteroatoms. The van der Waals surface area contributed by atoms with Crippen molar-refractivity contribution in [3.63, 3.8) is 0 Å². The van der Waals surface area contributed by atoms with Crippen LogP contribution in [0.3, 0.4) is 0 Å². The molecule has 2 aromatic carbocycles. The molecule has 0 saturated carbocycles. The van der Waals surface area contributed by atoms with Crippen molar-refractivity contribution >= 4 is 22.3 Å². The molecule has 4 nitrogen and oxygen atoms in total. The fourth-order valence-corrected chi connectivity index (χ4v) is 3.35. The minimum Gasteiger partial charge on any atom is -0.368 e. The average molecular weight is 306 g/mol. The van der Waals surface area contributed by atoms with Gasteiger partial charge >= 0.3 is 0 Å². The average Bonchev–Trinajstić information content (AvgIpc) is 3.06. The normalized spacial score (nSPS) is 15.1. The molecule has 0 spiro atoms. The summed E-state index contributed by atoms with van der Waals surface area (Å²) in [7, 11) is 2.10. The van der Waals surface area contributed by atoms with Crippen molar-refractivity contribution in [2.75, 3.05) is 43.1 Å².